The summed E-state index contributed by atoms with van der Waals surface area (Å²) in [4.78, 5) is 11.3. The first-order valence-corrected chi connectivity index (χ1v) is 4.92. The lowest BCUT2D eigenvalue weighted by Crippen LogP contribution is -2.38. The van der Waals surface area contributed by atoms with Crippen molar-refractivity contribution < 1.29 is 14.3 Å². The van der Waals surface area contributed by atoms with Gasteiger partial charge in [-0.25, -0.2) is 0 Å². The molecule has 0 unspecified atom stereocenters. The standard InChI is InChI=1S/C10H16O3/c1-8(11)9(2)7-12-10(13-9)5-3-4-6-10/h3-7H2,1-2H3/t9-/m1/s1. The lowest BCUT2D eigenvalue weighted by Gasteiger charge is -2.25. The van der Waals surface area contributed by atoms with Crippen LogP contribution >= 0.6 is 0 Å². The molecule has 1 atom stereocenters. The molecule has 2 aliphatic rings. The summed E-state index contributed by atoms with van der Waals surface area (Å²) < 4.78 is 11.4. The van der Waals surface area contributed by atoms with Crippen LogP contribution in [0.25, 0.3) is 0 Å². The summed E-state index contributed by atoms with van der Waals surface area (Å²) in [6.07, 6.45) is 4.17. The van der Waals surface area contributed by atoms with Gasteiger partial charge in [-0.2, -0.15) is 0 Å². The summed E-state index contributed by atoms with van der Waals surface area (Å²) in [5.74, 6) is -0.350. The van der Waals surface area contributed by atoms with Crippen LogP contribution in [0.2, 0.25) is 0 Å². The van der Waals surface area contributed by atoms with Crippen molar-refractivity contribution in [2.75, 3.05) is 6.61 Å². The van der Waals surface area contributed by atoms with E-state index in [0.717, 1.165) is 25.7 Å². The van der Waals surface area contributed by atoms with Gasteiger partial charge in [-0.3, -0.25) is 4.79 Å². The van der Waals surface area contributed by atoms with Gasteiger partial charge in [0.15, 0.2) is 11.6 Å². The first-order valence-electron chi connectivity index (χ1n) is 4.92. The highest BCUT2D eigenvalue weighted by Crippen LogP contribution is 2.43. The number of ketones is 1. The van der Waals surface area contributed by atoms with Crippen LogP contribution in [0.1, 0.15) is 39.5 Å². The molecule has 1 spiro atoms. The Balaban J connectivity index is 2.12. The molecule has 1 saturated carbocycles. The van der Waals surface area contributed by atoms with Crippen LogP contribution in [0.4, 0.5) is 0 Å². The highest BCUT2D eigenvalue weighted by atomic mass is 16.8. The topological polar surface area (TPSA) is 35.5 Å². The molecule has 2 fully saturated rings. The average molecular weight is 184 g/mol. The van der Waals surface area contributed by atoms with E-state index in [1.165, 1.54) is 0 Å². The molecule has 74 valence electrons. The highest BCUT2D eigenvalue weighted by Gasteiger charge is 2.51. The quantitative estimate of drug-likeness (QED) is 0.621. The maximum absolute atomic E-state index is 11.3. The largest absolute Gasteiger partial charge is 0.346 e. The Bertz CT molecular complexity index is 230. The lowest BCUT2D eigenvalue weighted by atomic mass is 10.0. The van der Waals surface area contributed by atoms with Gasteiger partial charge < -0.3 is 9.47 Å². The molecule has 3 heteroatoms. The van der Waals surface area contributed by atoms with Gasteiger partial charge >= 0.3 is 0 Å². The van der Waals surface area contributed by atoms with E-state index < -0.39 is 11.4 Å². The zero-order valence-electron chi connectivity index (χ0n) is 8.26. The second-order valence-corrected chi connectivity index (χ2v) is 4.30. The second-order valence-electron chi connectivity index (χ2n) is 4.30. The van der Waals surface area contributed by atoms with Gasteiger partial charge in [0.2, 0.25) is 0 Å². The van der Waals surface area contributed by atoms with E-state index in [1.54, 1.807) is 6.92 Å². The summed E-state index contributed by atoms with van der Waals surface area (Å²) in [5, 5.41) is 0. The van der Waals surface area contributed by atoms with Crippen LogP contribution in [-0.2, 0) is 14.3 Å². The molecule has 13 heavy (non-hydrogen) atoms. The molecular formula is C10H16O3. The molecule has 0 aromatic rings. The van der Waals surface area contributed by atoms with Crippen molar-refractivity contribution in [3.05, 3.63) is 0 Å². The Morgan fingerprint density at radius 3 is 2.38 bits per heavy atom. The van der Waals surface area contributed by atoms with Crippen molar-refractivity contribution in [1.82, 2.24) is 0 Å². The van der Waals surface area contributed by atoms with E-state index in [-0.39, 0.29) is 5.78 Å². The predicted molar refractivity (Wildman–Crippen MR) is 47.3 cm³/mol. The number of rotatable bonds is 1. The van der Waals surface area contributed by atoms with Gasteiger partial charge in [-0.15, -0.1) is 0 Å². The SMILES string of the molecule is CC(=O)[C@@]1(C)COC2(CCCC2)O1. The average Bonchev–Trinajstić information content (AvgIpc) is 2.62. The van der Waals surface area contributed by atoms with Crippen LogP contribution in [0.15, 0.2) is 0 Å². The number of carbonyl (C=O) groups excluding carboxylic acids is 1. The molecule has 2 rings (SSSR count). The smallest absolute Gasteiger partial charge is 0.169 e. The summed E-state index contributed by atoms with van der Waals surface area (Å²) in [6.45, 7) is 3.81. The molecule has 0 aromatic carbocycles. The van der Waals surface area contributed by atoms with Crippen LogP contribution < -0.4 is 0 Å². The molecule has 3 nitrogen and oxygen atoms in total. The molecule has 0 N–H and O–H groups in total. The van der Waals surface area contributed by atoms with Crippen molar-refractivity contribution in [1.29, 1.82) is 0 Å². The van der Waals surface area contributed by atoms with Gasteiger partial charge in [0.05, 0.1) is 6.61 Å². The van der Waals surface area contributed by atoms with Crippen molar-refractivity contribution in [2.45, 2.75) is 50.9 Å². The van der Waals surface area contributed by atoms with E-state index in [0.29, 0.717) is 6.61 Å². The number of Topliss-reactive ketones (excluding diaryl/α,β-unsaturated/α-hetero) is 1. The number of carbonyl (C=O) groups is 1. The minimum Gasteiger partial charge on any atom is -0.346 e. The van der Waals surface area contributed by atoms with Gasteiger partial charge in [0, 0.05) is 12.8 Å². The van der Waals surface area contributed by atoms with Crippen LogP contribution in [0, 0.1) is 0 Å². The minimum absolute atomic E-state index is 0.0660. The summed E-state index contributed by atoms with van der Waals surface area (Å²) >= 11 is 0. The first-order chi connectivity index (χ1) is 6.06. The number of hydrogen-bond donors (Lipinski definition) is 0. The highest BCUT2D eigenvalue weighted by molar-refractivity contribution is 5.85. The zero-order chi connectivity index (χ0) is 9.53. The second kappa shape index (κ2) is 2.79. The Hall–Kier alpha value is -0.410. The van der Waals surface area contributed by atoms with Crippen LogP contribution in [-0.4, -0.2) is 23.8 Å². The van der Waals surface area contributed by atoms with E-state index in [4.69, 9.17) is 9.47 Å². The molecule has 0 amide bonds. The minimum atomic E-state index is -0.690. The molecule has 1 aliphatic heterocycles. The predicted octanol–water partition coefficient (Wildman–Crippen LogP) is 1.65. The molecule has 1 saturated heterocycles. The third-order valence-corrected chi connectivity index (χ3v) is 3.13. The zero-order valence-corrected chi connectivity index (χ0v) is 8.26. The Morgan fingerprint density at radius 1 is 1.31 bits per heavy atom. The first kappa shape index (κ1) is 9.16. The molecule has 1 heterocycles. The van der Waals surface area contributed by atoms with Gasteiger partial charge in [0.1, 0.15) is 5.60 Å². The summed E-state index contributed by atoms with van der Waals surface area (Å²) in [5.41, 5.74) is -0.690. The van der Waals surface area contributed by atoms with Crippen LogP contribution in [0.3, 0.4) is 0 Å². The van der Waals surface area contributed by atoms with E-state index in [1.807, 2.05) is 6.92 Å². The fourth-order valence-corrected chi connectivity index (χ4v) is 2.07. The molecule has 0 radical (unpaired) electrons. The van der Waals surface area contributed by atoms with E-state index in [2.05, 4.69) is 0 Å². The normalized spacial score (nSPS) is 37.1. The fourth-order valence-electron chi connectivity index (χ4n) is 2.07. The Kier molecular flexibility index (Phi) is 1.96. The van der Waals surface area contributed by atoms with Gasteiger partial charge in [-0.05, 0) is 26.7 Å². The molecule has 0 aromatic heterocycles. The Labute approximate surface area is 78.4 Å². The van der Waals surface area contributed by atoms with Crippen LogP contribution in [0.5, 0.6) is 0 Å². The fraction of sp³-hybridized carbons (Fsp3) is 0.900. The van der Waals surface area contributed by atoms with E-state index >= 15 is 0 Å². The third-order valence-electron chi connectivity index (χ3n) is 3.13. The number of ether oxygens (including phenoxy) is 2. The monoisotopic (exact) mass is 184 g/mol. The van der Waals surface area contributed by atoms with E-state index in [9.17, 15) is 4.79 Å². The summed E-state index contributed by atoms with van der Waals surface area (Å²) in [7, 11) is 0. The third kappa shape index (κ3) is 1.40. The molecule has 1 aliphatic carbocycles. The van der Waals surface area contributed by atoms with Crippen molar-refractivity contribution in [2.24, 2.45) is 0 Å². The Morgan fingerprint density at radius 2 is 1.92 bits per heavy atom. The summed E-state index contributed by atoms with van der Waals surface area (Å²) in [6, 6.07) is 0. The maximum Gasteiger partial charge on any atom is 0.169 e. The molecule has 0 bridgehead atoms. The lowest BCUT2D eigenvalue weighted by molar-refractivity contribution is -0.182. The maximum atomic E-state index is 11.3. The van der Waals surface area contributed by atoms with Crippen molar-refractivity contribution in [3.63, 3.8) is 0 Å². The van der Waals surface area contributed by atoms with Gasteiger partial charge in [0.25, 0.3) is 0 Å². The van der Waals surface area contributed by atoms with Gasteiger partial charge in [-0.1, -0.05) is 0 Å². The molecular weight excluding hydrogens is 168 g/mol. The number of hydrogen-bond acceptors (Lipinski definition) is 3. The van der Waals surface area contributed by atoms with Crippen molar-refractivity contribution in [3.8, 4) is 0 Å². The van der Waals surface area contributed by atoms with Crippen molar-refractivity contribution >= 4 is 5.78 Å².